The van der Waals surface area contributed by atoms with Crippen molar-refractivity contribution in [2.75, 3.05) is 0 Å². The summed E-state index contributed by atoms with van der Waals surface area (Å²) in [5.41, 5.74) is 14.4. The molecule has 0 saturated heterocycles. The largest absolute Gasteiger partial charge is 0.309 e. The summed E-state index contributed by atoms with van der Waals surface area (Å²) in [4.78, 5) is 0. The number of hydrogen-bond acceptors (Lipinski definition) is 0. The van der Waals surface area contributed by atoms with Crippen LogP contribution in [-0.4, -0.2) is 9.13 Å². The van der Waals surface area contributed by atoms with Crippen LogP contribution in [0.15, 0.2) is 127 Å². The predicted octanol–water partition coefficient (Wildman–Crippen LogP) is 18.2. The van der Waals surface area contributed by atoms with Crippen LogP contribution in [-0.2, 0) is 0 Å². The monoisotopic (exact) mass is 785 g/mol. The van der Waals surface area contributed by atoms with Crippen molar-refractivity contribution in [2.24, 2.45) is 5.41 Å². The Balaban J connectivity index is 0.00000128. The molecular formula is C57H72N2. The molecule has 0 aliphatic heterocycles. The highest BCUT2D eigenvalue weighted by Gasteiger charge is 2.26. The van der Waals surface area contributed by atoms with E-state index in [0.29, 0.717) is 17.8 Å². The number of benzene rings is 6. The van der Waals surface area contributed by atoms with Gasteiger partial charge in [0, 0.05) is 32.9 Å². The van der Waals surface area contributed by atoms with E-state index < -0.39 is 0 Å². The third kappa shape index (κ3) is 8.65. The molecule has 0 saturated carbocycles. The molecule has 0 spiro atoms. The fraction of sp³-hybridized carbons (Fsp3) is 0.368. The number of nitrogens with zero attached hydrogens (tertiary/aromatic N) is 2. The van der Waals surface area contributed by atoms with Crippen LogP contribution in [0, 0.1) is 5.41 Å². The van der Waals surface area contributed by atoms with Gasteiger partial charge in [-0.05, 0) is 143 Å². The van der Waals surface area contributed by atoms with Gasteiger partial charge in [0.25, 0.3) is 0 Å². The van der Waals surface area contributed by atoms with E-state index in [-0.39, 0.29) is 12.8 Å². The lowest BCUT2D eigenvalue weighted by Crippen LogP contribution is -2.18. The zero-order chi connectivity index (χ0) is 41.7. The summed E-state index contributed by atoms with van der Waals surface area (Å²) < 4.78 is 4.91. The van der Waals surface area contributed by atoms with Gasteiger partial charge in [-0.1, -0.05) is 152 Å². The molecule has 0 aliphatic carbocycles. The molecule has 3 atom stereocenters. The van der Waals surface area contributed by atoms with E-state index in [1.54, 1.807) is 0 Å². The van der Waals surface area contributed by atoms with Crippen molar-refractivity contribution < 1.29 is 0 Å². The molecule has 310 valence electrons. The molecule has 2 heteroatoms. The van der Waals surface area contributed by atoms with E-state index in [2.05, 4.69) is 192 Å². The zero-order valence-corrected chi connectivity index (χ0v) is 37.6. The van der Waals surface area contributed by atoms with Crippen molar-refractivity contribution in [1.29, 1.82) is 0 Å². The first-order chi connectivity index (χ1) is 28.1. The van der Waals surface area contributed by atoms with Crippen molar-refractivity contribution in [3.63, 3.8) is 0 Å². The second kappa shape index (κ2) is 19.3. The third-order valence-electron chi connectivity index (χ3n) is 12.5. The van der Waals surface area contributed by atoms with E-state index in [4.69, 9.17) is 0 Å². The lowest BCUT2D eigenvalue weighted by Gasteiger charge is -2.31. The van der Waals surface area contributed by atoms with Gasteiger partial charge in [0.15, 0.2) is 0 Å². The lowest BCUT2D eigenvalue weighted by molar-refractivity contribution is 0.303. The highest BCUT2D eigenvalue weighted by Crippen LogP contribution is 2.42. The van der Waals surface area contributed by atoms with Gasteiger partial charge in [0.05, 0.1) is 22.1 Å². The molecule has 2 heterocycles. The molecule has 3 unspecified atom stereocenters. The smallest absolute Gasteiger partial charge is 0.0541 e. The van der Waals surface area contributed by atoms with Gasteiger partial charge < -0.3 is 9.13 Å². The van der Waals surface area contributed by atoms with Crippen molar-refractivity contribution in [1.82, 2.24) is 9.13 Å². The first-order valence-corrected chi connectivity index (χ1v) is 22.4. The predicted molar refractivity (Wildman–Crippen MR) is 264 cm³/mol. The van der Waals surface area contributed by atoms with Crippen LogP contribution in [0.25, 0.3) is 66.1 Å². The van der Waals surface area contributed by atoms with E-state index in [0.717, 1.165) is 12.8 Å². The summed E-state index contributed by atoms with van der Waals surface area (Å²) in [6.45, 7) is 26.7. The topological polar surface area (TPSA) is 9.86 Å². The lowest BCUT2D eigenvalue weighted by atomic mass is 9.74. The van der Waals surface area contributed by atoms with Crippen molar-refractivity contribution in [2.45, 2.75) is 134 Å². The molecule has 2 aromatic heterocycles. The standard InChI is InChI=1S/C52H56N2.2C2H6.CH4/c1-9-15-47(52(6,7)8)36-18-24-42(25-19-36)54-49-27-21-38(35(5)11-3)31-44(49)46-33-40(23-29-51(46)54)39-22-28-50-45(32-39)43-30-37(34(4)10-2)20-26-48(43)53(50)41-16-13-12-14-17-41;2*1-2;/h12-14,16-35,47H,9-11,15H2,1-8H3;2*1-2H3;1H4. The molecule has 2 nitrogen and oxygen atoms in total. The molecule has 0 aliphatic rings. The van der Waals surface area contributed by atoms with Crippen LogP contribution in [0.4, 0.5) is 0 Å². The van der Waals surface area contributed by atoms with Gasteiger partial charge in [-0.25, -0.2) is 0 Å². The highest BCUT2D eigenvalue weighted by molar-refractivity contribution is 6.13. The van der Waals surface area contributed by atoms with Gasteiger partial charge in [-0.2, -0.15) is 0 Å². The molecule has 0 amide bonds. The maximum absolute atomic E-state index is 2.48. The molecule has 0 radical (unpaired) electrons. The number of hydrogen-bond donors (Lipinski definition) is 0. The molecule has 59 heavy (non-hydrogen) atoms. The summed E-state index contributed by atoms with van der Waals surface area (Å²) >= 11 is 0. The number of fused-ring (bicyclic) bond motifs is 6. The quantitative estimate of drug-likeness (QED) is 0.131. The summed E-state index contributed by atoms with van der Waals surface area (Å²) in [5, 5.41) is 5.25. The average Bonchev–Trinajstić information content (AvgIpc) is 3.77. The summed E-state index contributed by atoms with van der Waals surface area (Å²) in [7, 11) is 0. The van der Waals surface area contributed by atoms with E-state index in [1.807, 2.05) is 27.7 Å². The highest BCUT2D eigenvalue weighted by atomic mass is 15.0. The van der Waals surface area contributed by atoms with Crippen LogP contribution in [0.1, 0.15) is 151 Å². The molecule has 8 rings (SSSR count). The molecule has 0 N–H and O–H groups in total. The second-order valence-corrected chi connectivity index (χ2v) is 16.9. The minimum absolute atomic E-state index is 0. The Morgan fingerprint density at radius 2 is 0.831 bits per heavy atom. The van der Waals surface area contributed by atoms with Gasteiger partial charge in [0.1, 0.15) is 0 Å². The van der Waals surface area contributed by atoms with Crippen molar-refractivity contribution in [3.8, 4) is 22.5 Å². The Kier molecular flexibility index (Phi) is 14.7. The minimum atomic E-state index is 0. The van der Waals surface area contributed by atoms with E-state index >= 15 is 0 Å². The minimum Gasteiger partial charge on any atom is -0.309 e. The van der Waals surface area contributed by atoms with Crippen LogP contribution >= 0.6 is 0 Å². The zero-order valence-electron chi connectivity index (χ0n) is 37.6. The fourth-order valence-corrected chi connectivity index (χ4v) is 8.90. The molecule has 0 bridgehead atoms. The number of aromatic nitrogens is 2. The average molecular weight is 785 g/mol. The Morgan fingerprint density at radius 1 is 0.458 bits per heavy atom. The normalized spacial score (nSPS) is 13.0. The fourth-order valence-electron chi connectivity index (χ4n) is 8.90. The first-order valence-electron chi connectivity index (χ1n) is 22.4. The Hall–Kier alpha value is -5.08. The van der Waals surface area contributed by atoms with Gasteiger partial charge in [-0.15, -0.1) is 0 Å². The first kappa shape index (κ1) is 45.0. The maximum Gasteiger partial charge on any atom is 0.0541 e. The third-order valence-corrected chi connectivity index (χ3v) is 12.5. The maximum atomic E-state index is 2.48. The summed E-state index contributed by atoms with van der Waals surface area (Å²) in [6, 6.07) is 48.8. The van der Waals surface area contributed by atoms with E-state index in [9.17, 15) is 0 Å². The van der Waals surface area contributed by atoms with Crippen LogP contribution in [0.2, 0.25) is 0 Å². The van der Waals surface area contributed by atoms with Crippen molar-refractivity contribution >= 4 is 43.6 Å². The SMILES string of the molecule is C.CC.CC.CCCC(c1ccc(-n2c3ccc(-c4ccc5c(c4)c4cc(C(C)CC)ccc4n5-c4ccccc4)cc3c3cc(C(C)CC)ccc32)cc1)C(C)(C)C. The van der Waals surface area contributed by atoms with Crippen molar-refractivity contribution in [3.05, 3.63) is 144 Å². The van der Waals surface area contributed by atoms with Gasteiger partial charge >= 0.3 is 0 Å². The van der Waals surface area contributed by atoms with Gasteiger partial charge in [-0.3, -0.25) is 0 Å². The Labute approximate surface area is 357 Å². The Morgan fingerprint density at radius 3 is 1.22 bits per heavy atom. The molecule has 6 aromatic carbocycles. The van der Waals surface area contributed by atoms with Crippen LogP contribution in [0.5, 0.6) is 0 Å². The van der Waals surface area contributed by atoms with Gasteiger partial charge in [0.2, 0.25) is 0 Å². The molecule has 8 aromatic rings. The van der Waals surface area contributed by atoms with E-state index in [1.165, 1.54) is 95.6 Å². The molecule has 0 fully saturated rings. The molecular weight excluding hydrogens is 713 g/mol. The number of rotatable bonds is 10. The Bertz CT molecular complexity index is 2590. The summed E-state index contributed by atoms with van der Waals surface area (Å²) in [5.74, 6) is 1.56. The van der Waals surface area contributed by atoms with Crippen LogP contribution in [0.3, 0.4) is 0 Å². The summed E-state index contributed by atoms with van der Waals surface area (Å²) in [6.07, 6.45) is 4.65. The van der Waals surface area contributed by atoms with Crippen LogP contribution < -0.4 is 0 Å². The number of para-hydroxylation sites is 1. The second-order valence-electron chi connectivity index (χ2n) is 16.9.